The highest BCUT2D eigenvalue weighted by Gasteiger charge is 2.01. The van der Waals surface area contributed by atoms with E-state index in [4.69, 9.17) is 10.00 Å². The lowest BCUT2D eigenvalue weighted by molar-refractivity contribution is 0.371. The third kappa shape index (κ3) is 2.41. The van der Waals surface area contributed by atoms with Crippen LogP contribution in [0, 0.1) is 11.3 Å². The zero-order chi connectivity index (χ0) is 13.0. The predicted molar refractivity (Wildman–Crippen MR) is 72.6 cm³/mol. The summed E-state index contributed by atoms with van der Waals surface area (Å²) in [6.45, 7) is 3.81. The summed E-state index contributed by atoms with van der Waals surface area (Å²) in [5, 5.41) is 8.75. The molecule has 2 aromatic carbocycles. The van der Waals surface area contributed by atoms with Gasteiger partial charge in [0.1, 0.15) is 5.76 Å². The molecule has 0 saturated carbocycles. The first-order chi connectivity index (χ1) is 8.74. The lowest BCUT2D eigenvalue weighted by Gasteiger charge is -2.06. The first-order valence-corrected chi connectivity index (χ1v) is 5.58. The van der Waals surface area contributed by atoms with Gasteiger partial charge in [0.15, 0.2) is 0 Å². The molecule has 0 fully saturated rings. The molecule has 18 heavy (non-hydrogen) atoms. The average molecular weight is 235 g/mol. The highest BCUT2D eigenvalue weighted by molar-refractivity contribution is 5.67. The second-order valence-corrected chi connectivity index (χ2v) is 3.89. The topological polar surface area (TPSA) is 33.0 Å². The van der Waals surface area contributed by atoms with Gasteiger partial charge in [-0.25, -0.2) is 0 Å². The van der Waals surface area contributed by atoms with Gasteiger partial charge in [0, 0.05) is 5.56 Å². The van der Waals surface area contributed by atoms with Gasteiger partial charge < -0.3 is 4.74 Å². The summed E-state index contributed by atoms with van der Waals surface area (Å²) >= 11 is 0. The van der Waals surface area contributed by atoms with Crippen molar-refractivity contribution in [3.05, 3.63) is 66.2 Å². The van der Waals surface area contributed by atoms with Crippen LogP contribution in [0.2, 0.25) is 0 Å². The Morgan fingerprint density at radius 3 is 1.94 bits per heavy atom. The summed E-state index contributed by atoms with van der Waals surface area (Å²) in [5.41, 5.74) is 3.83. The molecule has 2 rings (SSSR count). The van der Waals surface area contributed by atoms with Gasteiger partial charge in [0.2, 0.25) is 0 Å². The van der Waals surface area contributed by atoms with E-state index in [1.165, 1.54) is 0 Å². The number of hydrogen-bond acceptors (Lipinski definition) is 2. The molecule has 0 aliphatic rings. The van der Waals surface area contributed by atoms with Crippen molar-refractivity contribution in [1.29, 1.82) is 5.26 Å². The SMILES string of the molecule is C=C(OC)c1ccc(-c2ccc(C#N)cc2)cc1. The maximum Gasteiger partial charge on any atom is 0.118 e. The van der Waals surface area contributed by atoms with Crippen LogP contribution in [0.1, 0.15) is 11.1 Å². The van der Waals surface area contributed by atoms with E-state index in [0.29, 0.717) is 11.3 Å². The van der Waals surface area contributed by atoms with Crippen LogP contribution in [0.5, 0.6) is 0 Å². The lowest BCUT2D eigenvalue weighted by atomic mass is 10.0. The summed E-state index contributed by atoms with van der Waals surface area (Å²) in [7, 11) is 1.61. The molecular weight excluding hydrogens is 222 g/mol. The summed E-state index contributed by atoms with van der Waals surface area (Å²) in [4.78, 5) is 0. The first-order valence-electron chi connectivity index (χ1n) is 5.58. The minimum absolute atomic E-state index is 0.654. The highest BCUT2D eigenvalue weighted by atomic mass is 16.5. The third-order valence-corrected chi connectivity index (χ3v) is 2.80. The van der Waals surface area contributed by atoms with Crippen molar-refractivity contribution in [2.45, 2.75) is 0 Å². The van der Waals surface area contributed by atoms with Crippen LogP contribution in [0.3, 0.4) is 0 Å². The molecule has 2 heteroatoms. The monoisotopic (exact) mass is 235 g/mol. The lowest BCUT2D eigenvalue weighted by Crippen LogP contribution is -1.85. The number of ether oxygens (including phenoxy) is 1. The summed E-state index contributed by atoms with van der Waals surface area (Å²) < 4.78 is 5.08. The van der Waals surface area contributed by atoms with Gasteiger partial charge in [-0.1, -0.05) is 43.0 Å². The van der Waals surface area contributed by atoms with Crippen molar-refractivity contribution in [2.75, 3.05) is 7.11 Å². The van der Waals surface area contributed by atoms with Crippen LogP contribution in [0.4, 0.5) is 0 Å². The van der Waals surface area contributed by atoms with Crippen LogP contribution in [-0.2, 0) is 4.74 Å². The number of methoxy groups -OCH3 is 1. The van der Waals surface area contributed by atoms with Gasteiger partial charge >= 0.3 is 0 Å². The fraction of sp³-hybridized carbons (Fsp3) is 0.0625. The zero-order valence-corrected chi connectivity index (χ0v) is 10.2. The number of rotatable bonds is 3. The fourth-order valence-electron chi connectivity index (χ4n) is 1.70. The summed E-state index contributed by atoms with van der Waals surface area (Å²) in [5.74, 6) is 0.654. The smallest absolute Gasteiger partial charge is 0.118 e. The van der Waals surface area contributed by atoms with Crippen molar-refractivity contribution >= 4 is 5.76 Å². The quantitative estimate of drug-likeness (QED) is 0.757. The van der Waals surface area contributed by atoms with E-state index < -0.39 is 0 Å². The first kappa shape index (κ1) is 11.9. The van der Waals surface area contributed by atoms with Gasteiger partial charge in [-0.3, -0.25) is 0 Å². The van der Waals surface area contributed by atoms with E-state index in [9.17, 15) is 0 Å². The molecule has 0 aromatic heterocycles. The third-order valence-electron chi connectivity index (χ3n) is 2.80. The Bertz CT molecular complexity index is 588. The Hall–Kier alpha value is -2.53. The summed E-state index contributed by atoms with van der Waals surface area (Å²) in [6, 6.07) is 17.6. The molecular formula is C16H13NO. The molecule has 0 radical (unpaired) electrons. The highest BCUT2D eigenvalue weighted by Crippen LogP contribution is 2.22. The fourth-order valence-corrected chi connectivity index (χ4v) is 1.70. The van der Waals surface area contributed by atoms with Crippen LogP contribution in [-0.4, -0.2) is 7.11 Å². The number of nitriles is 1. The van der Waals surface area contributed by atoms with Crippen molar-refractivity contribution in [3.8, 4) is 17.2 Å². The van der Waals surface area contributed by atoms with Crippen molar-refractivity contribution in [2.24, 2.45) is 0 Å². The molecule has 0 spiro atoms. The van der Waals surface area contributed by atoms with E-state index in [-0.39, 0.29) is 0 Å². The number of hydrogen-bond donors (Lipinski definition) is 0. The predicted octanol–water partition coefficient (Wildman–Crippen LogP) is 3.84. The van der Waals surface area contributed by atoms with Gasteiger partial charge in [-0.05, 0) is 23.3 Å². The van der Waals surface area contributed by atoms with Gasteiger partial charge in [0.25, 0.3) is 0 Å². The van der Waals surface area contributed by atoms with E-state index in [0.717, 1.165) is 16.7 Å². The second-order valence-electron chi connectivity index (χ2n) is 3.89. The van der Waals surface area contributed by atoms with Crippen LogP contribution in [0.25, 0.3) is 16.9 Å². The minimum atomic E-state index is 0.654. The average Bonchev–Trinajstić information content (AvgIpc) is 2.47. The maximum absolute atomic E-state index is 8.75. The Morgan fingerprint density at radius 1 is 1.00 bits per heavy atom. The molecule has 0 aliphatic carbocycles. The van der Waals surface area contributed by atoms with Crippen LogP contribution in [0.15, 0.2) is 55.1 Å². The molecule has 0 heterocycles. The normalized spacial score (nSPS) is 9.56. The summed E-state index contributed by atoms with van der Waals surface area (Å²) in [6.07, 6.45) is 0. The molecule has 0 unspecified atom stereocenters. The second kappa shape index (κ2) is 5.20. The van der Waals surface area contributed by atoms with Gasteiger partial charge in [-0.15, -0.1) is 0 Å². The largest absolute Gasteiger partial charge is 0.497 e. The molecule has 0 bridgehead atoms. The number of benzene rings is 2. The number of nitrogens with zero attached hydrogens (tertiary/aromatic N) is 1. The molecule has 0 atom stereocenters. The molecule has 88 valence electrons. The Morgan fingerprint density at radius 2 is 1.50 bits per heavy atom. The molecule has 2 nitrogen and oxygen atoms in total. The molecule has 0 aliphatic heterocycles. The zero-order valence-electron chi connectivity index (χ0n) is 10.2. The van der Waals surface area contributed by atoms with Crippen molar-refractivity contribution in [3.63, 3.8) is 0 Å². The maximum atomic E-state index is 8.75. The van der Waals surface area contributed by atoms with Crippen LogP contribution >= 0.6 is 0 Å². The Labute approximate surface area is 107 Å². The molecule has 2 aromatic rings. The van der Waals surface area contributed by atoms with Gasteiger partial charge in [0.05, 0.1) is 18.7 Å². The molecule has 0 N–H and O–H groups in total. The van der Waals surface area contributed by atoms with E-state index in [1.807, 2.05) is 48.5 Å². The van der Waals surface area contributed by atoms with E-state index in [1.54, 1.807) is 7.11 Å². The van der Waals surface area contributed by atoms with E-state index >= 15 is 0 Å². The van der Waals surface area contributed by atoms with E-state index in [2.05, 4.69) is 12.6 Å². The van der Waals surface area contributed by atoms with Crippen molar-refractivity contribution in [1.82, 2.24) is 0 Å². The van der Waals surface area contributed by atoms with Crippen LogP contribution < -0.4 is 0 Å². The standard InChI is InChI=1S/C16H13NO/c1-12(18-2)14-7-9-16(10-8-14)15-5-3-13(11-17)4-6-15/h3-10H,1H2,2H3. The Balaban J connectivity index is 2.29. The minimum Gasteiger partial charge on any atom is -0.497 e. The molecule has 0 amide bonds. The molecule has 0 saturated heterocycles. The van der Waals surface area contributed by atoms with Crippen molar-refractivity contribution < 1.29 is 4.74 Å². The Kier molecular flexibility index (Phi) is 3.45. The van der Waals surface area contributed by atoms with Gasteiger partial charge in [-0.2, -0.15) is 5.26 Å².